The number of fused-ring (bicyclic) bond motifs is 1. The molecule has 100 valence electrons. The van der Waals surface area contributed by atoms with Gasteiger partial charge in [0.1, 0.15) is 0 Å². The van der Waals surface area contributed by atoms with Crippen LogP contribution in [0.25, 0.3) is 0 Å². The molecule has 2 heterocycles. The number of hydrogen-bond donors (Lipinski definition) is 1. The van der Waals surface area contributed by atoms with E-state index in [-0.39, 0.29) is 17.9 Å². The van der Waals surface area contributed by atoms with Gasteiger partial charge in [-0.1, -0.05) is 6.07 Å². The molecule has 19 heavy (non-hydrogen) atoms. The quantitative estimate of drug-likeness (QED) is 0.634. The number of nitrogen functional groups attached to an aromatic ring is 1. The number of anilines is 1. The van der Waals surface area contributed by atoms with Crippen LogP contribution < -0.4 is 5.73 Å². The molecular weight excluding hydrogens is 242 g/mol. The number of amides is 2. The first-order valence-corrected chi connectivity index (χ1v) is 6.54. The fraction of sp³-hybridized carbons (Fsp3) is 0.429. The van der Waals surface area contributed by atoms with Crippen LogP contribution in [0.15, 0.2) is 18.2 Å². The van der Waals surface area contributed by atoms with E-state index in [4.69, 9.17) is 5.73 Å². The third kappa shape index (κ3) is 1.81. The zero-order valence-electron chi connectivity index (χ0n) is 10.9. The van der Waals surface area contributed by atoms with E-state index in [1.54, 1.807) is 18.2 Å². The van der Waals surface area contributed by atoms with Gasteiger partial charge in [-0.2, -0.15) is 0 Å². The normalized spacial score (nSPS) is 23.2. The van der Waals surface area contributed by atoms with Gasteiger partial charge in [-0.05, 0) is 38.6 Å². The van der Waals surface area contributed by atoms with Crippen molar-refractivity contribution in [3.05, 3.63) is 29.3 Å². The average Bonchev–Trinajstić information content (AvgIpc) is 2.88. The van der Waals surface area contributed by atoms with Gasteiger partial charge in [-0.3, -0.25) is 14.5 Å². The molecule has 0 spiro atoms. The van der Waals surface area contributed by atoms with Gasteiger partial charge in [0, 0.05) is 18.3 Å². The van der Waals surface area contributed by atoms with Gasteiger partial charge in [-0.25, -0.2) is 0 Å². The van der Waals surface area contributed by atoms with E-state index >= 15 is 0 Å². The van der Waals surface area contributed by atoms with Gasteiger partial charge in [0.25, 0.3) is 11.8 Å². The smallest absolute Gasteiger partial charge is 0.263 e. The van der Waals surface area contributed by atoms with Crippen LogP contribution in [0.3, 0.4) is 0 Å². The zero-order chi connectivity index (χ0) is 13.6. The maximum Gasteiger partial charge on any atom is 0.263 e. The van der Waals surface area contributed by atoms with Crippen molar-refractivity contribution in [2.75, 3.05) is 25.9 Å². The molecule has 1 atom stereocenters. The second-order valence-electron chi connectivity index (χ2n) is 5.27. The summed E-state index contributed by atoms with van der Waals surface area (Å²) in [7, 11) is 2.03. The zero-order valence-corrected chi connectivity index (χ0v) is 10.9. The Hall–Kier alpha value is -1.88. The maximum atomic E-state index is 12.3. The Morgan fingerprint density at radius 2 is 2.11 bits per heavy atom. The van der Waals surface area contributed by atoms with Crippen molar-refractivity contribution in [1.82, 2.24) is 9.80 Å². The molecule has 2 amide bonds. The standard InChI is InChI=1S/C14H17N3O2/c1-16-7-3-4-9(16)8-17-13(18)10-5-2-6-11(15)12(10)14(17)19/h2,5-6,9H,3-4,7-8,15H2,1H3. The molecule has 2 N–H and O–H groups in total. The van der Waals surface area contributed by atoms with Gasteiger partial charge < -0.3 is 10.6 Å². The number of rotatable bonds is 2. The Morgan fingerprint density at radius 1 is 1.32 bits per heavy atom. The third-order valence-electron chi connectivity index (χ3n) is 4.10. The summed E-state index contributed by atoms with van der Waals surface area (Å²) in [6, 6.07) is 5.31. The van der Waals surface area contributed by atoms with E-state index in [9.17, 15) is 9.59 Å². The molecule has 0 aliphatic carbocycles. The summed E-state index contributed by atoms with van der Waals surface area (Å²) < 4.78 is 0. The van der Waals surface area contributed by atoms with E-state index < -0.39 is 0 Å². The molecule has 2 aliphatic rings. The summed E-state index contributed by atoms with van der Waals surface area (Å²) in [4.78, 5) is 28.2. The molecule has 0 radical (unpaired) electrons. The number of nitrogens with zero attached hydrogens (tertiary/aromatic N) is 2. The lowest BCUT2D eigenvalue weighted by atomic mass is 10.1. The van der Waals surface area contributed by atoms with Crippen molar-refractivity contribution >= 4 is 17.5 Å². The largest absolute Gasteiger partial charge is 0.398 e. The number of imide groups is 1. The number of carbonyl (C=O) groups excluding carboxylic acids is 2. The molecule has 2 aliphatic heterocycles. The number of benzene rings is 1. The predicted octanol–water partition coefficient (Wildman–Crippen LogP) is 0.959. The van der Waals surface area contributed by atoms with Gasteiger partial charge >= 0.3 is 0 Å². The van der Waals surface area contributed by atoms with Crippen LogP contribution in [0.1, 0.15) is 33.6 Å². The second-order valence-corrected chi connectivity index (χ2v) is 5.27. The molecule has 0 bridgehead atoms. The van der Waals surface area contributed by atoms with Gasteiger partial charge in [0.2, 0.25) is 0 Å². The van der Waals surface area contributed by atoms with Crippen molar-refractivity contribution in [2.45, 2.75) is 18.9 Å². The molecule has 1 aromatic rings. The van der Waals surface area contributed by atoms with Crippen LogP contribution in [-0.2, 0) is 0 Å². The molecule has 1 unspecified atom stereocenters. The highest BCUT2D eigenvalue weighted by atomic mass is 16.2. The molecule has 1 saturated heterocycles. The number of carbonyl (C=O) groups is 2. The number of nitrogens with two attached hydrogens (primary N) is 1. The van der Waals surface area contributed by atoms with Crippen LogP contribution in [0.2, 0.25) is 0 Å². The molecule has 5 heteroatoms. The van der Waals surface area contributed by atoms with Crippen LogP contribution in [0.4, 0.5) is 5.69 Å². The van der Waals surface area contributed by atoms with Crippen LogP contribution in [-0.4, -0.2) is 47.8 Å². The third-order valence-corrected chi connectivity index (χ3v) is 4.10. The second kappa shape index (κ2) is 4.35. The summed E-state index contributed by atoms with van der Waals surface area (Å²) in [5.74, 6) is -0.467. The Bertz CT molecular complexity index is 556. The first kappa shape index (κ1) is 12.2. The van der Waals surface area contributed by atoms with Crippen molar-refractivity contribution in [2.24, 2.45) is 0 Å². The van der Waals surface area contributed by atoms with E-state index in [0.717, 1.165) is 19.4 Å². The molecule has 1 fully saturated rings. The van der Waals surface area contributed by atoms with Crippen LogP contribution in [0, 0.1) is 0 Å². The maximum absolute atomic E-state index is 12.3. The number of likely N-dealkylation sites (tertiary alicyclic amines) is 1. The number of likely N-dealkylation sites (N-methyl/N-ethyl adjacent to an activating group) is 1. The number of hydrogen-bond acceptors (Lipinski definition) is 4. The Kier molecular flexibility index (Phi) is 2.78. The average molecular weight is 259 g/mol. The van der Waals surface area contributed by atoms with Crippen molar-refractivity contribution in [1.29, 1.82) is 0 Å². The van der Waals surface area contributed by atoms with E-state index in [0.29, 0.717) is 23.4 Å². The topological polar surface area (TPSA) is 66.6 Å². The highest BCUT2D eigenvalue weighted by Crippen LogP contribution is 2.29. The lowest BCUT2D eigenvalue weighted by molar-refractivity contribution is 0.0619. The Labute approximate surface area is 112 Å². The molecule has 1 aromatic carbocycles. The molecule has 5 nitrogen and oxygen atoms in total. The first-order valence-electron chi connectivity index (χ1n) is 6.54. The van der Waals surface area contributed by atoms with Gasteiger partial charge in [0.15, 0.2) is 0 Å². The summed E-state index contributed by atoms with van der Waals surface area (Å²) in [6.07, 6.45) is 2.14. The van der Waals surface area contributed by atoms with Gasteiger partial charge in [0.05, 0.1) is 11.1 Å². The van der Waals surface area contributed by atoms with Crippen molar-refractivity contribution < 1.29 is 9.59 Å². The molecule has 3 rings (SSSR count). The predicted molar refractivity (Wildman–Crippen MR) is 71.9 cm³/mol. The molecule has 0 saturated carbocycles. The van der Waals surface area contributed by atoms with Gasteiger partial charge in [-0.15, -0.1) is 0 Å². The fourth-order valence-electron chi connectivity index (χ4n) is 2.95. The SMILES string of the molecule is CN1CCCC1CN1C(=O)c2cccc(N)c2C1=O. The molecular formula is C14H17N3O2. The summed E-state index contributed by atoms with van der Waals surface area (Å²) in [6.45, 7) is 1.48. The summed E-state index contributed by atoms with van der Waals surface area (Å²) in [5.41, 5.74) is 7.00. The Morgan fingerprint density at radius 3 is 2.74 bits per heavy atom. The highest BCUT2D eigenvalue weighted by molar-refractivity contribution is 6.23. The van der Waals surface area contributed by atoms with Crippen LogP contribution >= 0.6 is 0 Å². The van der Waals surface area contributed by atoms with Crippen molar-refractivity contribution in [3.8, 4) is 0 Å². The van der Waals surface area contributed by atoms with E-state index in [1.165, 1.54) is 4.90 Å². The fourth-order valence-corrected chi connectivity index (χ4v) is 2.95. The van der Waals surface area contributed by atoms with Crippen molar-refractivity contribution in [3.63, 3.8) is 0 Å². The minimum atomic E-state index is -0.251. The first-order chi connectivity index (χ1) is 9.09. The van der Waals surface area contributed by atoms with E-state index in [2.05, 4.69) is 4.90 Å². The summed E-state index contributed by atoms with van der Waals surface area (Å²) >= 11 is 0. The monoisotopic (exact) mass is 259 g/mol. The Balaban J connectivity index is 1.88. The summed E-state index contributed by atoms with van der Waals surface area (Å²) in [5, 5.41) is 0. The van der Waals surface area contributed by atoms with Crippen LogP contribution in [0.5, 0.6) is 0 Å². The van der Waals surface area contributed by atoms with E-state index in [1.807, 2.05) is 7.05 Å². The minimum Gasteiger partial charge on any atom is -0.398 e. The lowest BCUT2D eigenvalue weighted by Crippen LogP contribution is -2.41. The lowest BCUT2D eigenvalue weighted by Gasteiger charge is -2.24. The molecule has 0 aromatic heterocycles. The highest BCUT2D eigenvalue weighted by Gasteiger charge is 2.39. The minimum absolute atomic E-state index is 0.215.